The van der Waals surface area contributed by atoms with E-state index in [1.54, 1.807) is 0 Å². The highest BCUT2D eigenvalue weighted by Gasteiger charge is 2.16. The van der Waals surface area contributed by atoms with Crippen molar-refractivity contribution in [3.63, 3.8) is 0 Å². The average Bonchev–Trinajstić information content (AvgIpc) is 2.67. The standard InChI is InChI=1S/C7H12N4O2/c8-5-6-9-7(10-13-6)11-1-3-12-4-2-11/h1-5,8H2. The molecule has 0 saturated carbocycles. The zero-order valence-corrected chi connectivity index (χ0v) is 7.27. The molecule has 1 aromatic heterocycles. The minimum absolute atomic E-state index is 0.289. The van der Waals surface area contributed by atoms with Gasteiger partial charge in [0.25, 0.3) is 5.95 Å². The number of aromatic nitrogens is 2. The van der Waals surface area contributed by atoms with Crippen LogP contribution >= 0.6 is 0 Å². The number of anilines is 1. The van der Waals surface area contributed by atoms with E-state index < -0.39 is 0 Å². The van der Waals surface area contributed by atoms with Gasteiger partial charge in [0.05, 0.1) is 19.8 Å². The molecule has 72 valence electrons. The monoisotopic (exact) mass is 184 g/mol. The maximum absolute atomic E-state index is 5.35. The van der Waals surface area contributed by atoms with Crippen LogP contribution in [0.3, 0.4) is 0 Å². The summed E-state index contributed by atoms with van der Waals surface area (Å²) in [6.45, 7) is 3.34. The van der Waals surface area contributed by atoms with Gasteiger partial charge in [0, 0.05) is 13.1 Å². The van der Waals surface area contributed by atoms with E-state index in [0.29, 0.717) is 25.1 Å². The molecule has 1 fully saturated rings. The van der Waals surface area contributed by atoms with E-state index in [1.165, 1.54) is 0 Å². The first kappa shape index (κ1) is 8.46. The fourth-order valence-corrected chi connectivity index (χ4v) is 1.22. The summed E-state index contributed by atoms with van der Waals surface area (Å²) in [5.41, 5.74) is 5.35. The van der Waals surface area contributed by atoms with Gasteiger partial charge in [-0.1, -0.05) is 0 Å². The lowest BCUT2D eigenvalue weighted by molar-refractivity contribution is 0.121. The Labute approximate surface area is 75.6 Å². The second-order valence-electron chi connectivity index (χ2n) is 2.79. The van der Waals surface area contributed by atoms with Crippen LogP contribution in [0.4, 0.5) is 5.95 Å². The van der Waals surface area contributed by atoms with Crippen LogP contribution in [0.2, 0.25) is 0 Å². The van der Waals surface area contributed by atoms with Crippen LogP contribution in [0.25, 0.3) is 0 Å². The van der Waals surface area contributed by atoms with E-state index >= 15 is 0 Å². The fraction of sp³-hybridized carbons (Fsp3) is 0.714. The summed E-state index contributed by atoms with van der Waals surface area (Å²) >= 11 is 0. The molecule has 0 atom stereocenters. The molecule has 2 rings (SSSR count). The summed E-state index contributed by atoms with van der Waals surface area (Å²) in [5.74, 6) is 1.09. The van der Waals surface area contributed by atoms with Crippen molar-refractivity contribution in [2.45, 2.75) is 6.54 Å². The number of hydrogen-bond donors (Lipinski definition) is 1. The number of nitrogens with two attached hydrogens (primary N) is 1. The van der Waals surface area contributed by atoms with Crippen molar-refractivity contribution in [2.24, 2.45) is 5.73 Å². The molecule has 1 aromatic rings. The lowest BCUT2D eigenvalue weighted by atomic mass is 10.4. The Balaban J connectivity index is 2.05. The van der Waals surface area contributed by atoms with Crippen molar-refractivity contribution < 1.29 is 9.26 Å². The van der Waals surface area contributed by atoms with Crippen LogP contribution in [0.1, 0.15) is 5.89 Å². The van der Waals surface area contributed by atoms with Crippen LogP contribution in [-0.2, 0) is 11.3 Å². The third kappa shape index (κ3) is 1.78. The highest BCUT2D eigenvalue weighted by molar-refractivity contribution is 5.27. The van der Waals surface area contributed by atoms with Crippen molar-refractivity contribution in [3.8, 4) is 0 Å². The van der Waals surface area contributed by atoms with E-state index in [-0.39, 0.29) is 6.54 Å². The Morgan fingerprint density at radius 1 is 1.38 bits per heavy atom. The molecule has 0 aliphatic carbocycles. The molecule has 6 heteroatoms. The highest BCUT2D eigenvalue weighted by Crippen LogP contribution is 2.10. The van der Waals surface area contributed by atoms with E-state index in [2.05, 4.69) is 10.1 Å². The topological polar surface area (TPSA) is 77.4 Å². The molecular weight excluding hydrogens is 172 g/mol. The predicted octanol–water partition coefficient (Wildman–Crippen LogP) is -0.635. The summed E-state index contributed by atoms with van der Waals surface area (Å²) < 4.78 is 10.1. The molecule has 1 aliphatic rings. The first-order chi connectivity index (χ1) is 6.40. The van der Waals surface area contributed by atoms with Gasteiger partial charge in [0.15, 0.2) is 0 Å². The highest BCUT2D eigenvalue weighted by atomic mass is 16.5. The first-order valence-electron chi connectivity index (χ1n) is 4.25. The van der Waals surface area contributed by atoms with Gasteiger partial charge < -0.3 is 19.9 Å². The molecule has 1 aliphatic heterocycles. The third-order valence-corrected chi connectivity index (χ3v) is 1.93. The smallest absolute Gasteiger partial charge is 0.266 e. The summed E-state index contributed by atoms with van der Waals surface area (Å²) in [4.78, 5) is 6.14. The van der Waals surface area contributed by atoms with Crippen molar-refractivity contribution in [1.82, 2.24) is 10.1 Å². The van der Waals surface area contributed by atoms with Crippen LogP contribution < -0.4 is 10.6 Å². The van der Waals surface area contributed by atoms with E-state index in [4.69, 9.17) is 15.0 Å². The van der Waals surface area contributed by atoms with E-state index in [9.17, 15) is 0 Å². The molecule has 2 N–H and O–H groups in total. The molecule has 13 heavy (non-hydrogen) atoms. The first-order valence-corrected chi connectivity index (χ1v) is 4.25. The van der Waals surface area contributed by atoms with Gasteiger partial charge in [-0.25, -0.2) is 0 Å². The van der Waals surface area contributed by atoms with Gasteiger partial charge in [0.2, 0.25) is 5.89 Å². The molecule has 0 radical (unpaired) electrons. The minimum atomic E-state index is 0.289. The Hall–Kier alpha value is -1.14. The number of nitrogens with zero attached hydrogens (tertiary/aromatic N) is 3. The van der Waals surface area contributed by atoms with Crippen molar-refractivity contribution in [3.05, 3.63) is 5.89 Å². The molecule has 0 aromatic carbocycles. The molecular formula is C7H12N4O2. The van der Waals surface area contributed by atoms with Gasteiger partial charge in [-0.3, -0.25) is 0 Å². The average molecular weight is 184 g/mol. The van der Waals surface area contributed by atoms with Crippen LogP contribution in [0, 0.1) is 0 Å². The predicted molar refractivity (Wildman–Crippen MR) is 45.2 cm³/mol. The van der Waals surface area contributed by atoms with Gasteiger partial charge in [0.1, 0.15) is 0 Å². The molecule has 0 amide bonds. The molecule has 0 bridgehead atoms. The normalized spacial score (nSPS) is 17.8. The Morgan fingerprint density at radius 2 is 2.15 bits per heavy atom. The van der Waals surface area contributed by atoms with Crippen molar-refractivity contribution in [2.75, 3.05) is 31.2 Å². The second kappa shape index (κ2) is 3.71. The van der Waals surface area contributed by atoms with Gasteiger partial charge in [-0.2, -0.15) is 4.98 Å². The van der Waals surface area contributed by atoms with E-state index in [0.717, 1.165) is 13.1 Å². The summed E-state index contributed by atoms with van der Waals surface area (Å²) in [7, 11) is 0. The number of ether oxygens (including phenoxy) is 1. The van der Waals surface area contributed by atoms with Crippen LogP contribution in [0.5, 0.6) is 0 Å². The molecule has 6 nitrogen and oxygen atoms in total. The Kier molecular flexibility index (Phi) is 2.42. The summed E-state index contributed by atoms with van der Waals surface area (Å²) in [5, 5.41) is 3.81. The third-order valence-electron chi connectivity index (χ3n) is 1.93. The molecule has 0 unspecified atom stereocenters. The SMILES string of the molecule is NCc1nc(N2CCOCC2)no1. The number of morpholine rings is 1. The second-order valence-corrected chi connectivity index (χ2v) is 2.79. The molecule has 1 saturated heterocycles. The van der Waals surface area contributed by atoms with Gasteiger partial charge in [-0.15, -0.1) is 0 Å². The maximum Gasteiger partial charge on any atom is 0.266 e. The molecule has 2 heterocycles. The van der Waals surface area contributed by atoms with Gasteiger partial charge >= 0.3 is 0 Å². The molecule has 0 spiro atoms. The van der Waals surface area contributed by atoms with Crippen molar-refractivity contribution in [1.29, 1.82) is 0 Å². The van der Waals surface area contributed by atoms with Crippen LogP contribution in [-0.4, -0.2) is 36.4 Å². The van der Waals surface area contributed by atoms with Gasteiger partial charge in [-0.05, 0) is 5.16 Å². The largest absolute Gasteiger partial charge is 0.378 e. The van der Waals surface area contributed by atoms with Crippen molar-refractivity contribution >= 4 is 5.95 Å². The lowest BCUT2D eigenvalue weighted by Crippen LogP contribution is -2.36. The summed E-state index contributed by atoms with van der Waals surface area (Å²) in [6.07, 6.45) is 0. The maximum atomic E-state index is 5.35. The quantitative estimate of drug-likeness (QED) is 0.659. The zero-order chi connectivity index (χ0) is 9.10. The lowest BCUT2D eigenvalue weighted by Gasteiger charge is -2.24. The number of hydrogen-bond acceptors (Lipinski definition) is 6. The number of rotatable bonds is 2. The van der Waals surface area contributed by atoms with Crippen LogP contribution in [0.15, 0.2) is 4.52 Å². The zero-order valence-electron chi connectivity index (χ0n) is 7.27. The fourth-order valence-electron chi connectivity index (χ4n) is 1.22. The minimum Gasteiger partial charge on any atom is -0.378 e. The Bertz CT molecular complexity index is 269. The summed E-state index contributed by atoms with van der Waals surface area (Å²) in [6, 6.07) is 0. The van der Waals surface area contributed by atoms with E-state index in [1.807, 2.05) is 4.90 Å². The Morgan fingerprint density at radius 3 is 2.77 bits per heavy atom.